The number of urea groups is 1. The second-order valence-corrected chi connectivity index (χ2v) is 5.06. The number of aromatic nitrogens is 1. The molecule has 0 radical (unpaired) electrons. The van der Waals surface area contributed by atoms with E-state index in [1.54, 1.807) is 37.1 Å². The summed E-state index contributed by atoms with van der Waals surface area (Å²) in [4.78, 5) is 14.9. The third kappa shape index (κ3) is 5.69. The zero-order chi connectivity index (χ0) is 12.5. The van der Waals surface area contributed by atoms with Gasteiger partial charge in [0.25, 0.3) is 0 Å². The standard InChI is InChI=1S/C10H15N3O2S2/c1-11-10(15)13-17-6-5-16-7-8-9(14)3-2-4-12-8/h2-4,14H,5-7H2,1H3,(H2,11,13,15). The molecule has 0 aromatic carbocycles. The van der Waals surface area contributed by atoms with Gasteiger partial charge >= 0.3 is 6.03 Å². The van der Waals surface area contributed by atoms with Crippen LogP contribution in [-0.2, 0) is 5.75 Å². The molecule has 1 rings (SSSR count). The van der Waals surface area contributed by atoms with Crippen molar-refractivity contribution in [2.24, 2.45) is 0 Å². The van der Waals surface area contributed by atoms with E-state index >= 15 is 0 Å². The highest BCUT2D eigenvalue weighted by Crippen LogP contribution is 2.19. The molecule has 0 aliphatic carbocycles. The Balaban J connectivity index is 2.09. The van der Waals surface area contributed by atoms with Crippen LogP contribution in [0.3, 0.4) is 0 Å². The van der Waals surface area contributed by atoms with Crippen molar-refractivity contribution in [2.45, 2.75) is 5.75 Å². The van der Waals surface area contributed by atoms with Crippen molar-refractivity contribution < 1.29 is 9.90 Å². The molecule has 0 aliphatic heterocycles. The van der Waals surface area contributed by atoms with Crippen LogP contribution in [0.4, 0.5) is 4.79 Å². The summed E-state index contributed by atoms with van der Waals surface area (Å²) < 4.78 is 2.63. The maximum Gasteiger partial charge on any atom is 0.324 e. The molecule has 94 valence electrons. The summed E-state index contributed by atoms with van der Waals surface area (Å²) >= 11 is 3.02. The molecule has 0 bridgehead atoms. The van der Waals surface area contributed by atoms with E-state index in [4.69, 9.17) is 0 Å². The highest BCUT2D eigenvalue weighted by molar-refractivity contribution is 8.01. The van der Waals surface area contributed by atoms with Gasteiger partial charge in [-0.25, -0.2) is 4.79 Å². The maximum absolute atomic E-state index is 10.8. The topological polar surface area (TPSA) is 74.2 Å². The Morgan fingerprint density at radius 1 is 1.53 bits per heavy atom. The second-order valence-electron chi connectivity index (χ2n) is 3.05. The van der Waals surface area contributed by atoms with Gasteiger partial charge in [0.05, 0.1) is 5.69 Å². The van der Waals surface area contributed by atoms with Crippen LogP contribution in [0.15, 0.2) is 18.3 Å². The van der Waals surface area contributed by atoms with Crippen molar-refractivity contribution in [1.82, 2.24) is 15.0 Å². The molecule has 0 saturated heterocycles. The molecule has 0 unspecified atom stereocenters. The van der Waals surface area contributed by atoms with Gasteiger partial charge in [-0.3, -0.25) is 9.71 Å². The molecule has 3 N–H and O–H groups in total. The zero-order valence-electron chi connectivity index (χ0n) is 9.47. The molecule has 7 heteroatoms. The molecule has 2 amide bonds. The smallest absolute Gasteiger partial charge is 0.324 e. The summed E-state index contributed by atoms with van der Waals surface area (Å²) in [5.41, 5.74) is 0.696. The average Bonchev–Trinajstić information content (AvgIpc) is 2.35. The quantitative estimate of drug-likeness (QED) is 0.542. The minimum atomic E-state index is -0.192. The van der Waals surface area contributed by atoms with Crippen LogP contribution in [-0.4, -0.2) is 34.7 Å². The molecule has 0 atom stereocenters. The van der Waals surface area contributed by atoms with Gasteiger partial charge in [-0.15, -0.1) is 0 Å². The molecule has 0 saturated carbocycles. The predicted octanol–water partition coefficient (Wildman–Crippen LogP) is 1.60. The lowest BCUT2D eigenvalue weighted by atomic mass is 10.3. The highest BCUT2D eigenvalue weighted by Gasteiger charge is 2.01. The van der Waals surface area contributed by atoms with Crippen molar-refractivity contribution in [3.8, 4) is 5.75 Å². The van der Waals surface area contributed by atoms with Crippen LogP contribution in [0, 0.1) is 0 Å². The lowest BCUT2D eigenvalue weighted by Crippen LogP contribution is -2.27. The lowest BCUT2D eigenvalue weighted by molar-refractivity contribution is 0.248. The first kappa shape index (κ1) is 14.0. The SMILES string of the molecule is CNC(=O)NSCCSCc1ncccc1O. The normalized spacial score (nSPS) is 9.94. The monoisotopic (exact) mass is 273 g/mol. The van der Waals surface area contributed by atoms with Crippen LogP contribution in [0.5, 0.6) is 5.75 Å². The Kier molecular flexibility index (Phi) is 6.64. The van der Waals surface area contributed by atoms with Crippen molar-refractivity contribution in [1.29, 1.82) is 0 Å². The first-order valence-corrected chi connectivity index (χ1v) is 7.18. The van der Waals surface area contributed by atoms with E-state index in [1.807, 2.05) is 0 Å². The van der Waals surface area contributed by atoms with Gasteiger partial charge in [0.1, 0.15) is 5.75 Å². The molecule has 1 aromatic heterocycles. The minimum absolute atomic E-state index is 0.192. The second kappa shape index (κ2) is 8.08. The number of nitrogens with zero attached hydrogens (tertiary/aromatic N) is 1. The van der Waals surface area contributed by atoms with Crippen molar-refractivity contribution in [3.63, 3.8) is 0 Å². The first-order chi connectivity index (χ1) is 8.24. The Hall–Kier alpha value is -1.08. The molecule has 1 aromatic rings. The molecule has 0 aliphatic rings. The summed E-state index contributed by atoms with van der Waals surface area (Å²) in [5.74, 6) is 2.60. The largest absolute Gasteiger partial charge is 0.506 e. The third-order valence-corrected chi connectivity index (χ3v) is 3.79. The van der Waals surface area contributed by atoms with E-state index in [0.29, 0.717) is 11.4 Å². The van der Waals surface area contributed by atoms with Crippen LogP contribution in [0.25, 0.3) is 0 Å². The Morgan fingerprint density at radius 2 is 2.35 bits per heavy atom. The summed E-state index contributed by atoms with van der Waals surface area (Å²) in [6.45, 7) is 0. The molecule has 0 fully saturated rings. The lowest BCUT2D eigenvalue weighted by Gasteiger charge is -2.04. The zero-order valence-corrected chi connectivity index (χ0v) is 11.1. The van der Waals surface area contributed by atoms with Crippen LogP contribution < -0.4 is 10.0 Å². The van der Waals surface area contributed by atoms with Gasteiger partial charge in [-0.1, -0.05) is 0 Å². The number of amides is 2. The van der Waals surface area contributed by atoms with Gasteiger partial charge in [-0.05, 0) is 24.1 Å². The van der Waals surface area contributed by atoms with Crippen molar-refractivity contribution >= 4 is 29.7 Å². The number of hydrogen-bond acceptors (Lipinski definition) is 5. The number of rotatable bonds is 6. The fourth-order valence-electron chi connectivity index (χ4n) is 0.978. The summed E-state index contributed by atoms with van der Waals surface area (Å²) in [7, 11) is 1.58. The number of thioether (sulfide) groups is 1. The number of hydrogen-bond donors (Lipinski definition) is 3. The number of carbonyl (C=O) groups is 1. The Bertz CT molecular complexity index is 363. The molecular formula is C10H15N3O2S2. The summed E-state index contributed by atoms with van der Waals surface area (Å²) in [6, 6.07) is 3.14. The van der Waals surface area contributed by atoms with Gasteiger partial charge in [0, 0.05) is 30.5 Å². The number of carbonyl (C=O) groups excluding carboxylic acids is 1. The number of pyridine rings is 1. The summed E-state index contributed by atoms with van der Waals surface area (Å²) in [5, 5.41) is 11.9. The van der Waals surface area contributed by atoms with Gasteiger partial charge < -0.3 is 10.4 Å². The fraction of sp³-hybridized carbons (Fsp3) is 0.400. The number of aromatic hydroxyl groups is 1. The molecule has 0 spiro atoms. The van der Waals surface area contributed by atoms with E-state index in [-0.39, 0.29) is 11.8 Å². The molecule has 1 heterocycles. The van der Waals surface area contributed by atoms with Gasteiger partial charge in [0.15, 0.2) is 0 Å². The maximum atomic E-state index is 10.8. The molecular weight excluding hydrogens is 258 g/mol. The van der Waals surface area contributed by atoms with Crippen molar-refractivity contribution in [3.05, 3.63) is 24.0 Å². The van der Waals surface area contributed by atoms with E-state index in [2.05, 4.69) is 15.0 Å². The first-order valence-electron chi connectivity index (χ1n) is 5.04. The van der Waals surface area contributed by atoms with E-state index in [1.165, 1.54) is 11.9 Å². The minimum Gasteiger partial charge on any atom is -0.506 e. The van der Waals surface area contributed by atoms with Gasteiger partial charge in [0.2, 0.25) is 0 Å². The Morgan fingerprint density at radius 3 is 3.06 bits per heavy atom. The molecule has 5 nitrogen and oxygen atoms in total. The summed E-state index contributed by atoms with van der Waals surface area (Å²) in [6.07, 6.45) is 1.66. The van der Waals surface area contributed by atoms with E-state index < -0.39 is 0 Å². The average molecular weight is 273 g/mol. The van der Waals surface area contributed by atoms with Crippen LogP contribution >= 0.6 is 23.7 Å². The highest BCUT2D eigenvalue weighted by atomic mass is 32.2. The van der Waals surface area contributed by atoms with E-state index in [9.17, 15) is 9.90 Å². The number of nitrogens with one attached hydrogen (secondary N) is 2. The van der Waals surface area contributed by atoms with Crippen molar-refractivity contribution in [2.75, 3.05) is 18.6 Å². The molecule has 17 heavy (non-hydrogen) atoms. The van der Waals surface area contributed by atoms with Crippen LogP contribution in [0.2, 0.25) is 0 Å². The fourth-order valence-corrected chi connectivity index (χ4v) is 2.68. The van der Waals surface area contributed by atoms with Crippen LogP contribution in [0.1, 0.15) is 5.69 Å². The predicted molar refractivity (Wildman–Crippen MR) is 72.1 cm³/mol. The third-order valence-electron chi connectivity index (χ3n) is 1.83. The van der Waals surface area contributed by atoms with E-state index in [0.717, 1.165) is 11.5 Å². The van der Waals surface area contributed by atoms with Gasteiger partial charge in [-0.2, -0.15) is 11.8 Å². The Labute approximate surface area is 109 Å².